The fourth-order valence-corrected chi connectivity index (χ4v) is 2.35. The number of amides is 1. The van der Waals surface area contributed by atoms with Crippen LogP contribution in [0.15, 0.2) is 42.5 Å². The van der Waals surface area contributed by atoms with Crippen molar-refractivity contribution in [3.05, 3.63) is 52.5 Å². The van der Waals surface area contributed by atoms with Gasteiger partial charge in [0.25, 0.3) is 0 Å². The molecule has 2 aromatic rings. The van der Waals surface area contributed by atoms with Crippen molar-refractivity contribution in [3.63, 3.8) is 0 Å². The minimum atomic E-state index is -0.452. The zero-order valence-electron chi connectivity index (χ0n) is 14.7. The Labute approximate surface area is 167 Å². The first-order valence-corrected chi connectivity index (χ1v) is 8.99. The molecule has 0 aliphatic rings. The maximum Gasteiger partial charge on any atom is 0.344 e. The van der Waals surface area contributed by atoms with E-state index in [0.717, 1.165) is 0 Å². The summed E-state index contributed by atoms with van der Waals surface area (Å²) in [5, 5.41) is 3.56. The second-order valence-electron chi connectivity index (χ2n) is 5.34. The van der Waals surface area contributed by atoms with Gasteiger partial charge >= 0.3 is 5.97 Å². The van der Waals surface area contributed by atoms with Gasteiger partial charge in [-0.2, -0.15) is 0 Å². The van der Waals surface area contributed by atoms with Crippen LogP contribution in [0.3, 0.4) is 0 Å². The average molecular weight is 412 g/mol. The Morgan fingerprint density at radius 2 is 1.78 bits per heavy atom. The Kier molecular flexibility index (Phi) is 8.23. The van der Waals surface area contributed by atoms with Crippen molar-refractivity contribution < 1.29 is 23.8 Å². The predicted octanol–water partition coefficient (Wildman–Crippen LogP) is 4.34. The molecule has 0 aromatic heterocycles. The molecule has 1 N–H and O–H groups in total. The summed E-state index contributed by atoms with van der Waals surface area (Å²) in [6, 6.07) is 11.6. The van der Waals surface area contributed by atoms with E-state index in [1.807, 2.05) is 0 Å². The molecule has 0 aliphatic carbocycles. The molecule has 0 radical (unpaired) electrons. The maximum atomic E-state index is 12.0. The van der Waals surface area contributed by atoms with Gasteiger partial charge in [0.2, 0.25) is 5.91 Å². The van der Waals surface area contributed by atoms with Gasteiger partial charge in [0.1, 0.15) is 11.5 Å². The highest BCUT2D eigenvalue weighted by atomic mass is 35.5. The van der Waals surface area contributed by atoms with Crippen LogP contribution in [0, 0.1) is 0 Å². The molecular formula is C19H19Cl2NO5. The van der Waals surface area contributed by atoms with Crippen molar-refractivity contribution in [2.75, 3.05) is 25.1 Å². The van der Waals surface area contributed by atoms with E-state index in [0.29, 0.717) is 33.8 Å². The molecule has 144 valence electrons. The van der Waals surface area contributed by atoms with Crippen LogP contribution in [0.25, 0.3) is 0 Å². The van der Waals surface area contributed by atoms with E-state index >= 15 is 0 Å². The number of nitrogens with one attached hydrogen (secondary N) is 1. The molecule has 0 saturated heterocycles. The molecule has 0 fully saturated rings. The summed E-state index contributed by atoms with van der Waals surface area (Å²) >= 11 is 11.7. The molecule has 27 heavy (non-hydrogen) atoms. The minimum Gasteiger partial charge on any atom is -0.493 e. The third-order valence-corrected chi connectivity index (χ3v) is 4.01. The van der Waals surface area contributed by atoms with Gasteiger partial charge in [-0.3, -0.25) is 4.79 Å². The molecule has 2 rings (SSSR count). The number of benzene rings is 2. The number of esters is 1. The Hall–Kier alpha value is -2.44. The molecule has 0 bridgehead atoms. The van der Waals surface area contributed by atoms with Gasteiger partial charge in [-0.25, -0.2) is 4.79 Å². The summed E-state index contributed by atoms with van der Waals surface area (Å²) in [7, 11) is 0. The first kappa shape index (κ1) is 20.9. The van der Waals surface area contributed by atoms with Crippen molar-refractivity contribution in [1.82, 2.24) is 0 Å². The number of anilines is 1. The summed E-state index contributed by atoms with van der Waals surface area (Å²) in [6.45, 7) is 2.01. The largest absolute Gasteiger partial charge is 0.493 e. The molecule has 1 amide bonds. The molecule has 0 unspecified atom stereocenters. The zero-order chi connectivity index (χ0) is 19.6. The normalized spacial score (nSPS) is 10.2. The van der Waals surface area contributed by atoms with Crippen molar-refractivity contribution in [1.29, 1.82) is 0 Å². The van der Waals surface area contributed by atoms with E-state index < -0.39 is 5.97 Å². The van der Waals surface area contributed by atoms with E-state index in [2.05, 4.69) is 5.32 Å². The molecule has 0 heterocycles. The van der Waals surface area contributed by atoms with Crippen LogP contribution in [0.1, 0.15) is 13.3 Å². The molecular weight excluding hydrogens is 393 g/mol. The van der Waals surface area contributed by atoms with Crippen LogP contribution < -0.4 is 14.8 Å². The number of hydrogen-bond donors (Lipinski definition) is 1. The highest BCUT2D eigenvalue weighted by molar-refractivity contribution is 6.42. The molecule has 0 spiro atoms. The standard InChI is InChI=1S/C19H19Cl2NO5/c1-2-25-19(24)12-27-14-5-3-4-13(10-14)22-18(23)8-9-26-15-6-7-16(20)17(21)11-15/h3-7,10-11H,2,8-9,12H2,1H3,(H,22,23). The Balaban J connectivity index is 1.78. The highest BCUT2D eigenvalue weighted by Gasteiger charge is 2.07. The number of rotatable bonds is 9. The summed E-state index contributed by atoms with van der Waals surface area (Å²) in [5.74, 6) is 0.309. The van der Waals surface area contributed by atoms with E-state index in [1.165, 1.54) is 0 Å². The fourth-order valence-electron chi connectivity index (χ4n) is 2.06. The van der Waals surface area contributed by atoms with Crippen LogP contribution >= 0.6 is 23.2 Å². The van der Waals surface area contributed by atoms with Gasteiger partial charge in [-0.15, -0.1) is 0 Å². The first-order chi connectivity index (χ1) is 13.0. The number of halogens is 2. The maximum absolute atomic E-state index is 12.0. The zero-order valence-corrected chi connectivity index (χ0v) is 16.2. The summed E-state index contributed by atoms with van der Waals surface area (Å²) in [4.78, 5) is 23.3. The molecule has 0 atom stereocenters. The van der Waals surface area contributed by atoms with E-state index in [1.54, 1.807) is 49.4 Å². The third-order valence-electron chi connectivity index (χ3n) is 3.27. The number of hydrogen-bond acceptors (Lipinski definition) is 5. The first-order valence-electron chi connectivity index (χ1n) is 8.24. The van der Waals surface area contributed by atoms with Crippen molar-refractivity contribution in [2.45, 2.75) is 13.3 Å². The summed E-state index contributed by atoms with van der Waals surface area (Å²) in [5.41, 5.74) is 0.552. The molecule has 0 saturated carbocycles. The molecule has 0 aliphatic heterocycles. The monoisotopic (exact) mass is 411 g/mol. The van der Waals surface area contributed by atoms with Gasteiger partial charge in [-0.1, -0.05) is 29.3 Å². The van der Waals surface area contributed by atoms with Crippen LogP contribution in [0.4, 0.5) is 5.69 Å². The van der Waals surface area contributed by atoms with Crippen molar-refractivity contribution in [3.8, 4) is 11.5 Å². The lowest BCUT2D eigenvalue weighted by Crippen LogP contribution is -2.16. The quantitative estimate of drug-likeness (QED) is 0.621. The van der Waals surface area contributed by atoms with E-state index in [4.69, 9.17) is 37.4 Å². The highest BCUT2D eigenvalue weighted by Crippen LogP contribution is 2.26. The van der Waals surface area contributed by atoms with Crippen LogP contribution in [0.2, 0.25) is 10.0 Å². The molecule has 2 aromatic carbocycles. The Bertz CT molecular complexity index is 797. The van der Waals surface area contributed by atoms with Crippen LogP contribution in [-0.2, 0) is 14.3 Å². The number of ether oxygens (including phenoxy) is 3. The Morgan fingerprint density at radius 1 is 1.00 bits per heavy atom. The summed E-state index contributed by atoms with van der Waals surface area (Å²) < 4.78 is 15.6. The van der Waals surface area contributed by atoms with Crippen molar-refractivity contribution in [2.24, 2.45) is 0 Å². The van der Waals surface area contributed by atoms with Gasteiger partial charge in [-0.05, 0) is 31.2 Å². The summed E-state index contributed by atoms with van der Waals surface area (Å²) in [6.07, 6.45) is 0.147. The lowest BCUT2D eigenvalue weighted by Gasteiger charge is -2.10. The molecule has 6 nitrogen and oxygen atoms in total. The topological polar surface area (TPSA) is 73.9 Å². The number of carbonyl (C=O) groups excluding carboxylic acids is 2. The number of carbonyl (C=O) groups is 2. The van der Waals surface area contributed by atoms with Gasteiger partial charge in [0.05, 0.1) is 29.7 Å². The fraction of sp³-hybridized carbons (Fsp3) is 0.263. The second kappa shape index (κ2) is 10.6. The van der Waals surface area contributed by atoms with Crippen molar-refractivity contribution >= 4 is 40.8 Å². The van der Waals surface area contributed by atoms with Crippen LogP contribution in [0.5, 0.6) is 11.5 Å². The van der Waals surface area contributed by atoms with Gasteiger partial charge in [0, 0.05) is 17.8 Å². The SMILES string of the molecule is CCOC(=O)COc1cccc(NC(=O)CCOc2ccc(Cl)c(Cl)c2)c1. The van der Waals surface area contributed by atoms with Gasteiger partial charge < -0.3 is 19.5 Å². The second-order valence-corrected chi connectivity index (χ2v) is 6.16. The molecule has 8 heteroatoms. The lowest BCUT2D eigenvalue weighted by atomic mass is 10.3. The van der Waals surface area contributed by atoms with E-state index in [-0.39, 0.29) is 25.5 Å². The average Bonchev–Trinajstić information content (AvgIpc) is 2.63. The lowest BCUT2D eigenvalue weighted by molar-refractivity contribution is -0.145. The minimum absolute atomic E-state index is 0.147. The smallest absolute Gasteiger partial charge is 0.344 e. The third kappa shape index (κ3) is 7.37. The van der Waals surface area contributed by atoms with Crippen LogP contribution in [-0.4, -0.2) is 31.7 Å². The Morgan fingerprint density at radius 3 is 2.52 bits per heavy atom. The van der Waals surface area contributed by atoms with E-state index in [9.17, 15) is 9.59 Å². The van der Waals surface area contributed by atoms with Gasteiger partial charge in [0.15, 0.2) is 6.61 Å². The predicted molar refractivity (Wildman–Crippen MR) is 104 cm³/mol.